The number of halogens is 1. The molecule has 0 unspecified atom stereocenters. The van der Waals surface area contributed by atoms with Crippen LogP contribution in [0.15, 0.2) is 65.8 Å². The molecule has 0 radical (unpaired) electrons. The predicted molar refractivity (Wildman–Crippen MR) is 137 cm³/mol. The minimum Gasteiger partial charge on any atom is -0.483 e. The molecule has 0 fully saturated rings. The molecule has 190 valence electrons. The van der Waals surface area contributed by atoms with Crippen LogP contribution in [0.25, 0.3) is 0 Å². The van der Waals surface area contributed by atoms with Gasteiger partial charge in [0.05, 0.1) is 6.21 Å². The standard InChI is InChI=1S/C26H23ClN4O6/c1-16-6-8-19(11-20(16)27)30-24(32)14-35-21-5-3-2-4-18(21)13-29-31-26(34)25(33)28-12-17-7-9-22-23(10-17)37-15-36-22/h2-11,13H,12,14-15H2,1H3,(H,28,33)(H,30,32)(H,31,34)/b29-13-. The van der Waals surface area contributed by atoms with Gasteiger partial charge in [-0.1, -0.05) is 35.9 Å². The van der Waals surface area contributed by atoms with Crippen molar-refractivity contribution in [2.24, 2.45) is 5.10 Å². The van der Waals surface area contributed by atoms with Crippen LogP contribution >= 0.6 is 11.6 Å². The van der Waals surface area contributed by atoms with Crippen LogP contribution in [0, 0.1) is 6.92 Å². The second-order valence-corrected chi connectivity index (χ2v) is 8.32. The van der Waals surface area contributed by atoms with Crippen LogP contribution < -0.4 is 30.3 Å². The summed E-state index contributed by atoms with van der Waals surface area (Å²) in [5.74, 6) is -0.593. The Hall–Kier alpha value is -4.57. The molecule has 0 bridgehead atoms. The molecule has 10 nitrogen and oxygen atoms in total. The van der Waals surface area contributed by atoms with Gasteiger partial charge in [-0.2, -0.15) is 5.10 Å². The fraction of sp³-hybridized carbons (Fsp3) is 0.154. The fourth-order valence-corrected chi connectivity index (χ4v) is 3.43. The first-order valence-electron chi connectivity index (χ1n) is 11.2. The van der Waals surface area contributed by atoms with Crippen LogP contribution in [0.4, 0.5) is 5.69 Å². The minimum atomic E-state index is -0.938. The van der Waals surface area contributed by atoms with Crippen LogP contribution in [0.1, 0.15) is 16.7 Å². The molecule has 4 rings (SSSR count). The molecule has 1 heterocycles. The minimum absolute atomic E-state index is 0.125. The van der Waals surface area contributed by atoms with Gasteiger partial charge >= 0.3 is 11.8 Å². The maximum absolute atomic E-state index is 12.3. The van der Waals surface area contributed by atoms with E-state index in [2.05, 4.69) is 21.2 Å². The van der Waals surface area contributed by atoms with E-state index in [1.807, 2.05) is 6.92 Å². The van der Waals surface area contributed by atoms with Crippen molar-refractivity contribution >= 4 is 41.2 Å². The Bertz CT molecular complexity index is 1360. The highest BCUT2D eigenvalue weighted by molar-refractivity contribution is 6.35. The second-order valence-electron chi connectivity index (χ2n) is 7.91. The number of para-hydroxylation sites is 1. The summed E-state index contributed by atoms with van der Waals surface area (Å²) >= 11 is 6.08. The number of rotatable bonds is 8. The van der Waals surface area contributed by atoms with Crippen molar-refractivity contribution in [3.8, 4) is 17.2 Å². The van der Waals surface area contributed by atoms with Crippen molar-refractivity contribution in [1.82, 2.24) is 10.7 Å². The van der Waals surface area contributed by atoms with Crippen molar-refractivity contribution < 1.29 is 28.6 Å². The van der Waals surface area contributed by atoms with Crippen LogP contribution in [0.5, 0.6) is 17.2 Å². The van der Waals surface area contributed by atoms with Gasteiger partial charge in [0.2, 0.25) is 6.79 Å². The molecular formula is C26H23ClN4O6. The average Bonchev–Trinajstić information content (AvgIpc) is 3.37. The highest BCUT2D eigenvalue weighted by Crippen LogP contribution is 2.32. The first kappa shape index (κ1) is 25.5. The maximum Gasteiger partial charge on any atom is 0.329 e. The zero-order valence-electron chi connectivity index (χ0n) is 19.7. The predicted octanol–water partition coefficient (Wildman–Crippen LogP) is 3.16. The highest BCUT2D eigenvalue weighted by atomic mass is 35.5. The maximum atomic E-state index is 12.3. The van der Waals surface area contributed by atoms with E-state index in [4.69, 9.17) is 25.8 Å². The number of hydrogen-bond acceptors (Lipinski definition) is 7. The third kappa shape index (κ3) is 6.98. The van der Waals surface area contributed by atoms with Gasteiger partial charge in [0.1, 0.15) is 5.75 Å². The summed E-state index contributed by atoms with van der Waals surface area (Å²) in [5, 5.41) is 9.59. The molecule has 0 aromatic heterocycles. The lowest BCUT2D eigenvalue weighted by atomic mass is 10.2. The Balaban J connectivity index is 1.25. The average molecular weight is 523 g/mol. The lowest BCUT2D eigenvalue weighted by molar-refractivity contribution is -0.139. The number of hydrogen-bond donors (Lipinski definition) is 3. The van der Waals surface area contributed by atoms with Gasteiger partial charge < -0.3 is 24.8 Å². The van der Waals surface area contributed by atoms with Crippen LogP contribution in [0.3, 0.4) is 0 Å². The van der Waals surface area contributed by atoms with E-state index in [0.29, 0.717) is 33.5 Å². The number of nitrogens with one attached hydrogen (secondary N) is 3. The molecule has 3 N–H and O–H groups in total. The first-order chi connectivity index (χ1) is 17.9. The summed E-state index contributed by atoms with van der Waals surface area (Å²) in [4.78, 5) is 36.4. The number of hydrazone groups is 1. The Morgan fingerprint density at radius 1 is 1.03 bits per heavy atom. The number of carbonyl (C=O) groups excluding carboxylic acids is 3. The smallest absolute Gasteiger partial charge is 0.329 e. The topological polar surface area (TPSA) is 127 Å². The molecule has 0 atom stereocenters. The van der Waals surface area contributed by atoms with Crippen molar-refractivity contribution in [2.45, 2.75) is 13.5 Å². The molecule has 3 aromatic carbocycles. The monoisotopic (exact) mass is 522 g/mol. The van der Waals surface area contributed by atoms with E-state index in [0.717, 1.165) is 11.1 Å². The van der Waals surface area contributed by atoms with Gasteiger partial charge in [-0.3, -0.25) is 14.4 Å². The van der Waals surface area contributed by atoms with Gasteiger partial charge in [0, 0.05) is 22.8 Å². The summed E-state index contributed by atoms with van der Waals surface area (Å²) < 4.78 is 16.1. The van der Waals surface area contributed by atoms with Crippen molar-refractivity contribution in [3.63, 3.8) is 0 Å². The largest absolute Gasteiger partial charge is 0.483 e. The number of aryl methyl sites for hydroxylation is 1. The Morgan fingerprint density at radius 2 is 1.84 bits per heavy atom. The van der Waals surface area contributed by atoms with Gasteiger partial charge in [-0.25, -0.2) is 5.43 Å². The molecule has 0 spiro atoms. The molecule has 0 saturated carbocycles. The Labute approximate surface area is 217 Å². The number of benzene rings is 3. The Kier molecular flexibility index (Phi) is 8.22. The third-order valence-electron chi connectivity index (χ3n) is 5.20. The number of fused-ring (bicyclic) bond motifs is 1. The lowest BCUT2D eigenvalue weighted by Crippen LogP contribution is -2.37. The zero-order chi connectivity index (χ0) is 26.2. The zero-order valence-corrected chi connectivity index (χ0v) is 20.5. The molecule has 37 heavy (non-hydrogen) atoms. The summed E-state index contributed by atoms with van der Waals surface area (Å²) in [6, 6.07) is 17.2. The SMILES string of the molecule is Cc1ccc(NC(=O)COc2ccccc2/C=N\NC(=O)C(=O)NCc2ccc3c(c2)OCO3)cc1Cl. The second kappa shape index (κ2) is 11.9. The summed E-state index contributed by atoms with van der Waals surface area (Å²) in [5.41, 5.74) is 4.87. The van der Waals surface area contributed by atoms with E-state index >= 15 is 0 Å². The first-order valence-corrected chi connectivity index (χ1v) is 11.5. The number of ether oxygens (including phenoxy) is 3. The van der Waals surface area contributed by atoms with Crippen molar-refractivity contribution in [1.29, 1.82) is 0 Å². The highest BCUT2D eigenvalue weighted by Gasteiger charge is 2.16. The number of nitrogens with zero attached hydrogens (tertiary/aromatic N) is 1. The van der Waals surface area contributed by atoms with E-state index in [9.17, 15) is 14.4 Å². The number of carbonyl (C=O) groups is 3. The summed E-state index contributed by atoms with van der Waals surface area (Å²) in [6.07, 6.45) is 1.32. The van der Waals surface area contributed by atoms with Gasteiger partial charge in [-0.15, -0.1) is 0 Å². The summed E-state index contributed by atoms with van der Waals surface area (Å²) in [6.45, 7) is 1.88. The van der Waals surface area contributed by atoms with E-state index in [1.165, 1.54) is 6.21 Å². The Morgan fingerprint density at radius 3 is 2.68 bits per heavy atom. The number of anilines is 1. The van der Waals surface area contributed by atoms with Crippen LogP contribution in [-0.2, 0) is 20.9 Å². The van der Waals surface area contributed by atoms with Crippen LogP contribution in [-0.4, -0.2) is 37.3 Å². The normalized spacial score (nSPS) is 11.7. The molecule has 0 saturated heterocycles. The molecule has 11 heteroatoms. The fourth-order valence-electron chi connectivity index (χ4n) is 3.25. The molecule has 0 aliphatic carbocycles. The third-order valence-corrected chi connectivity index (χ3v) is 5.61. The molecule has 3 amide bonds. The van der Waals surface area contributed by atoms with Gasteiger partial charge in [0.25, 0.3) is 5.91 Å². The van der Waals surface area contributed by atoms with E-state index in [1.54, 1.807) is 60.7 Å². The van der Waals surface area contributed by atoms with Crippen molar-refractivity contribution in [2.75, 3.05) is 18.7 Å². The van der Waals surface area contributed by atoms with Gasteiger partial charge in [-0.05, 0) is 54.4 Å². The molecular weight excluding hydrogens is 500 g/mol. The summed E-state index contributed by atoms with van der Waals surface area (Å²) in [7, 11) is 0. The molecule has 1 aliphatic rings. The van der Waals surface area contributed by atoms with Gasteiger partial charge in [0.15, 0.2) is 18.1 Å². The lowest BCUT2D eigenvalue weighted by Gasteiger charge is -2.10. The number of amides is 3. The quantitative estimate of drug-likeness (QED) is 0.237. The molecule has 3 aromatic rings. The molecule has 1 aliphatic heterocycles. The van der Waals surface area contributed by atoms with E-state index < -0.39 is 11.8 Å². The van der Waals surface area contributed by atoms with E-state index in [-0.39, 0.29) is 25.9 Å². The van der Waals surface area contributed by atoms with Crippen LogP contribution in [0.2, 0.25) is 5.02 Å². The van der Waals surface area contributed by atoms with Crippen molar-refractivity contribution in [3.05, 3.63) is 82.4 Å².